The predicted octanol–water partition coefficient (Wildman–Crippen LogP) is 2.68. The van der Waals surface area contributed by atoms with Crippen molar-refractivity contribution in [2.45, 2.75) is 38.6 Å². The number of anilines is 1. The maximum Gasteiger partial charge on any atom is 0.186 e. The van der Waals surface area contributed by atoms with Gasteiger partial charge in [0, 0.05) is 11.8 Å². The fourth-order valence-corrected chi connectivity index (χ4v) is 2.69. The van der Waals surface area contributed by atoms with E-state index in [9.17, 15) is 0 Å². The normalized spacial score (nSPS) is 15.9. The van der Waals surface area contributed by atoms with Gasteiger partial charge in [-0.1, -0.05) is 19.8 Å². The first-order valence-electron chi connectivity index (χ1n) is 7.44. The fourth-order valence-electron chi connectivity index (χ4n) is 2.69. The van der Waals surface area contributed by atoms with Crippen LogP contribution in [0.15, 0.2) is 18.2 Å². The second-order valence-corrected chi connectivity index (χ2v) is 5.65. The van der Waals surface area contributed by atoms with E-state index in [2.05, 4.69) is 22.4 Å². The van der Waals surface area contributed by atoms with Crippen molar-refractivity contribution in [1.82, 2.24) is 20.2 Å². The molecule has 2 aromatic rings. The van der Waals surface area contributed by atoms with Gasteiger partial charge < -0.3 is 10.5 Å². The molecule has 6 heteroatoms. The third-order valence-electron chi connectivity index (χ3n) is 4.08. The van der Waals surface area contributed by atoms with Gasteiger partial charge in [0.1, 0.15) is 5.75 Å². The predicted molar refractivity (Wildman–Crippen MR) is 80.9 cm³/mol. The van der Waals surface area contributed by atoms with Gasteiger partial charge in [-0.2, -0.15) is 0 Å². The molecule has 112 valence electrons. The molecular formula is C15H21N5O. The summed E-state index contributed by atoms with van der Waals surface area (Å²) >= 11 is 0. The number of nitrogens with two attached hydrogens (primary N) is 1. The first-order valence-corrected chi connectivity index (χ1v) is 7.44. The summed E-state index contributed by atoms with van der Waals surface area (Å²) in [6, 6.07) is 5.90. The van der Waals surface area contributed by atoms with Crippen molar-refractivity contribution in [3.63, 3.8) is 0 Å². The van der Waals surface area contributed by atoms with E-state index in [1.165, 1.54) is 12.8 Å². The molecule has 0 amide bonds. The summed E-state index contributed by atoms with van der Waals surface area (Å²) in [5.74, 6) is 2.28. The third kappa shape index (κ3) is 2.84. The van der Waals surface area contributed by atoms with Gasteiger partial charge in [-0.05, 0) is 41.3 Å². The van der Waals surface area contributed by atoms with Gasteiger partial charge in [0.05, 0.1) is 18.7 Å². The SMILES string of the molecule is CCC(CC1CC1)n1nnnc1-c1ccc(N)cc1OC. The molecule has 3 rings (SSSR count). The maximum absolute atomic E-state index is 5.82. The molecule has 0 aliphatic heterocycles. The lowest BCUT2D eigenvalue weighted by molar-refractivity contribution is 0.386. The maximum atomic E-state index is 5.82. The number of nitrogens with zero attached hydrogens (tertiary/aromatic N) is 4. The van der Waals surface area contributed by atoms with E-state index in [1.54, 1.807) is 13.2 Å². The van der Waals surface area contributed by atoms with Crippen LogP contribution in [0.2, 0.25) is 0 Å². The number of hydrogen-bond acceptors (Lipinski definition) is 5. The first-order chi connectivity index (χ1) is 10.2. The fraction of sp³-hybridized carbons (Fsp3) is 0.533. The van der Waals surface area contributed by atoms with Crippen molar-refractivity contribution in [3.8, 4) is 17.1 Å². The second kappa shape index (κ2) is 5.71. The number of benzene rings is 1. The Hall–Kier alpha value is -2.11. The zero-order valence-electron chi connectivity index (χ0n) is 12.5. The summed E-state index contributed by atoms with van der Waals surface area (Å²) in [6.45, 7) is 2.18. The van der Waals surface area contributed by atoms with Crippen LogP contribution < -0.4 is 10.5 Å². The number of rotatable bonds is 6. The third-order valence-corrected chi connectivity index (χ3v) is 4.08. The molecule has 1 saturated carbocycles. The van der Waals surface area contributed by atoms with Gasteiger partial charge in [-0.15, -0.1) is 5.10 Å². The van der Waals surface area contributed by atoms with E-state index < -0.39 is 0 Å². The van der Waals surface area contributed by atoms with Gasteiger partial charge in [0.15, 0.2) is 5.82 Å². The van der Waals surface area contributed by atoms with Crippen molar-refractivity contribution in [1.29, 1.82) is 0 Å². The van der Waals surface area contributed by atoms with E-state index >= 15 is 0 Å². The Morgan fingerprint density at radius 1 is 1.43 bits per heavy atom. The standard InChI is InChI=1S/C15H21N5O/c1-3-12(8-10-4-5-10)20-15(17-18-19-20)13-7-6-11(16)9-14(13)21-2/h6-7,9-10,12H,3-5,8,16H2,1-2H3. The average Bonchev–Trinajstić information content (AvgIpc) is 3.19. The highest BCUT2D eigenvalue weighted by molar-refractivity contribution is 5.67. The molecule has 2 N–H and O–H groups in total. The quantitative estimate of drug-likeness (QED) is 0.826. The zero-order valence-corrected chi connectivity index (χ0v) is 12.5. The number of tetrazole rings is 1. The van der Waals surface area contributed by atoms with Crippen LogP contribution in [0.3, 0.4) is 0 Å². The minimum Gasteiger partial charge on any atom is -0.496 e. The van der Waals surface area contributed by atoms with Gasteiger partial charge in [0.2, 0.25) is 0 Å². The Morgan fingerprint density at radius 3 is 2.90 bits per heavy atom. The first kappa shape index (κ1) is 13.9. The summed E-state index contributed by atoms with van der Waals surface area (Å²) in [4.78, 5) is 0. The monoisotopic (exact) mass is 287 g/mol. The lowest BCUT2D eigenvalue weighted by atomic mass is 10.1. The van der Waals surface area contributed by atoms with Crippen LogP contribution >= 0.6 is 0 Å². The smallest absolute Gasteiger partial charge is 0.186 e. The largest absolute Gasteiger partial charge is 0.496 e. The summed E-state index contributed by atoms with van der Waals surface area (Å²) in [5, 5.41) is 12.3. The lowest BCUT2D eigenvalue weighted by Gasteiger charge is -2.17. The molecule has 1 unspecified atom stereocenters. The number of aromatic nitrogens is 4. The minimum absolute atomic E-state index is 0.338. The molecule has 0 bridgehead atoms. The summed E-state index contributed by atoms with van der Waals surface area (Å²) < 4.78 is 7.36. The molecule has 0 radical (unpaired) electrons. The van der Waals surface area contributed by atoms with E-state index in [-0.39, 0.29) is 0 Å². The summed E-state index contributed by atoms with van der Waals surface area (Å²) in [5.41, 5.74) is 7.36. The van der Waals surface area contributed by atoms with Crippen LogP contribution in [0.1, 0.15) is 38.6 Å². The van der Waals surface area contributed by atoms with Crippen LogP contribution in [0, 0.1) is 5.92 Å². The van der Waals surface area contributed by atoms with Crippen molar-refractivity contribution >= 4 is 5.69 Å². The molecule has 1 aliphatic carbocycles. The molecule has 6 nitrogen and oxygen atoms in total. The van der Waals surface area contributed by atoms with Crippen molar-refractivity contribution in [2.24, 2.45) is 5.92 Å². The Labute approximate surface area is 124 Å². The van der Waals surface area contributed by atoms with Gasteiger partial charge in [-0.25, -0.2) is 4.68 Å². The Bertz CT molecular complexity index is 620. The van der Waals surface area contributed by atoms with Crippen molar-refractivity contribution in [3.05, 3.63) is 18.2 Å². The van der Waals surface area contributed by atoms with Crippen molar-refractivity contribution < 1.29 is 4.74 Å². The Morgan fingerprint density at radius 2 is 2.24 bits per heavy atom. The van der Waals surface area contributed by atoms with E-state index in [1.807, 2.05) is 16.8 Å². The van der Waals surface area contributed by atoms with Crippen LogP contribution in [-0.4, -0.2) is 27.3 Å². The highest BCUT2D eigenvalue weighted by Gasteiger charge is 2.28. The molecule has 0 saturated heterocycles. The Kier molecular flexibility index (Phi) is 3.77. The molecular weight excluding hydrogens is 266 g/mol. The van der Waals surface area contributed by atoms with Gasteiger partial charge in [0.25, 0.3) is 0 Å². The molecule has 1 aromatic heterocycles. The lowest BCUT2D eigenvalue weighted by Crippen LogP contribution is -2.13. The highest BCUT2D eigenvalue weighted by Crippen LogP contribution is 2.39. The molecule has 1 aromatic carbocycles. The average molecular weight is 287 g/mol. The van der Waals surface area contributed by atoms with Crippen LogP contribution in [-0.2, 0) is 0 Å². The van der Waals surface area contributed by atoms with E-state index in [0.717, 1.165) is 30.1 Å². The van der Waals surface area contributed by atoms with Crippen LogP contribution in [0.4, 0.5) is 5.69 Å². The molecule has 1 atom stereocenters. The summed E-state index contributed by atoms with van der Waals surface area (Å²) in [7, 11) is 1.63. The molecule has 1 aliphatic rings. The van der Waals surface area contributed by atoms with E-state index in [4.69, 9.17) is 10.5 Å². The number of methoxy groups -OCH3 is 1. The van der Waals surface area contributed by atoms with E-state index in [0.29, 0.717) is 17.5 Å². The second-order valence-electron chi connectivity index (χ2n) is 5.65. The number of hydrogen-bond donors (Lipinski definition) is 1. The molecule has 0 spiro atoms. The number of ether oxygens (including phenoxy) is 1. The van der Waals surface area contributed by atoms with Crippen LogP contribution in [0.25, 0.3) is 11.4 Å². The van der Waals surface area contributed by atoms with Gasteiger partial charge >= 0.3 is 0 Å². The zero-order chi connectivity index (χ0) is 14.8. The number of nitrogen functional groups attached to an aromatic ring is 1. The topological polar surface area (TPSA) is 78.9 Å². The van der Waals surface area contributed by atoms with Crippen molar-refractivity contribution in [2.75, 3.05) is 12.8 Å². The summed E-state index contributed by atoms with van der Waals surface area (Å²) in [6.07, 6.45) is 4.83. The highest BCUT2D eigenvalue weighted by atomic mass is 16.5. The molecule has 1 fully saturated rings. The minimum atomic E-state index is 0.338. The van der Waals surface area contributed by atoms with Crippen LogP contribution in [0.5, 0.6) is 5.75 Å². The Balaban J connectivity index is 1.97. The molecule has 21 heavy (non-hydrogen) atoms. The van der Waals surface area contributed by atoms with Gasteiger partial charge in [-0.3, -0.25) is 0 Å². The molecule has 1 heterocycles.